The topological polar surface area (TPSA) is 6.48 Å². The molecule has 3 aliphatic rings. The fraction of sp³-hybridized carbons (Fsp3) is 1.00. The summed E-state index contributed by atoms with van der Waals surface area (Å²) in [5.41, 5.74) is 0. The number of hydrogen-bond acceptors (Lipinski definition) is 2. The van der Waals surface area contributed by atoms with Gasteiger partial charge in [0.15, 0.2) is 0 Å². The van der Waals surface area contributed by atoms with Crippen LogP contribution in [0.15, 0.2) is 0 Å². The molecule has 3 heterocycles. The van der Waals surface area contributed by atoms with E-state index in [-0.39, 0.29) is 31.0 Å². The average molecular weight is 136 g/mol. The zero-order valence-electron chi connectivity index (χ0n) is 7.14. The van der Waals surface area contributed by atoms with Crippen LogP contribution in [0.25, 0.3) is 0 Å². The summed E-state index contributed by atoms with van der Waals surface area (Å²) in [6.07, 6.45) is 0. The SMILES string of the molecule is C1CN2CCN1CC2.[H-].[Na+]. The van der Waals surface area contributed by atoms with E-state index in [0.29, 0.717) is 0 Å². The van der Waals surface area contributed by atoms with Crippen molar-refractivity contribution in [3.05, 3.63) is 0 Å². The monoisotopic (exact) mass is 136 g/mol. The second-order valence-electron chi connectivity index (χ2n) is 2.68. The summed E-state index contributed by atoms with van der Waals surface area (Å²) in [6.45, 7) is 7.92. The van der Waals surface area contributed by atoms with Crippen molar-refractivity contribution < 1.29 is 31.0 Å². The summed E-state index contributed by atoms with van der Waals surface area (Å²) < 4.78 is 0. The Kier molecular flexibility index (Phi) is 2.99. The van der Waals surface area contributed by atoms with Crippen molar-refractivity contribution >= 4 is 0 Å². The zero-order valence-corrected chi connectivity index (χ0v) is 8.14. The van der Waals surface area contributed by atoms with Crippen LogP contribution in [-0.4, -0.2) is 49.1 Å². The second kappa shape index (κ2) is 3.35. The van der Waals surface area contributed by atoms with E-state index in [9.17, 15) is 0 Å². The van der Waals surface area contributed by atoms with Gasteiger partial charge in [-0.05, 0) is 0 Å². The molecular formula is C6H13N2Na. The van der Waals surface area contributed by atoms with Gasteiger partial charge in [0, 0.05) is 39.3 Å². The van der Waals surface area contributed by atoms with Gasteiger partial charge in [0.25, 0.3) is 0 Å². The van der Waals surface area contributed by atoms with Gasteiger partial charge in [-0.2, -0.15) is 0 Å². The van der Waals surface area contributed by atoms with E-state index in [4.69, 9.17) is 0 Å². The molecule has 3 fully saturated rings. The largest absolute Gasteiger partial charge is 1.00 e. The Hall–Kier alpha value is 0.920. The van der Waals surface area contributed by atoms with Gasteiger partial charge in [0.2, 0.25) is 0 Å². The van der Waals surface area contributed by atoms with Gasteiger partial charge in [-0.3, -0.25) is 9.80 Å². The quantitative estimate of drug-likeness (QED) is 0.322. The number of piperazine rings is 3. The molecule has 0 aromatic carbocycles. The summed E-state index contributed by atoms with van der Waals surface area (Å²) in [6, 6.07) is 0. The van der Waals surface area contributed by atoms with Gasteiger partial charge >= 0.3 is 29.6 Å². The second-order valence-corrected chi connectivity index (χ2v) is 2.68. The van der Waals surface area contributed by atoms with Gasteiger partial charge in [0.05, 0.1) is 0 Å². The molecule has 0 aliphatic carbocycles. The molecule has 0 radical (unpaired) electrons. The molecule has 9 heavy (non-hydrogen) atoms. The van der Waals surface area contributed by atoms with Crippen LogP contribution in [0, 0.1) is 0 Å². The molecule has 0 amide bonds. The molecule has 0 spiro atoms. The molecule has 0 aromatic heterocycles. The third-order valence-electron chi connectivity index (χ3n) is 2.20. The summed E-state index contributed by atoms with van der Waals surface area (Å²) >= 11 is 0. The fourth-order valence-electron chi connectivity index (χ4n) is 1.52. The van der Waals surface area contributed by atoms with Crippen molar-refractivity contribution in [3.63, 3.8) is 0 Å². The van der Waals surface area contributed by atoms with E-state index in [1.807, 2.05) is 0 Å². The van der Waals surface area contributed by atoms with Crippen LogP contribution in [0.1, 0.15) is 1.43 Å². The zero-order chi connectivity index (χ0) is 5.40. The minimum atomic E-state index is 0. The predicted molar refractivity (Wildman–Crippen MR) is 34.0 cm³/mol. The maximum Gasteiger partial charge on any atom is 1.00 e. The molecule has 2 nitrogen and oxygen atoms in total. The van der Waals surface area contributed by atoms with Gasteiger partial charge in [-0.25, -0.2) is 0 Å². The van der Waals surface area contributed by atoms with E-state index in [1.54, 1.807) is 0 Å². The van der Waals surface area contributed by atoms with E-state index in [0.717, 1.165) is 0 Å². The molecule has 0 aromatic rings. The normalized spacial score (nSPS) is 40.0. The van der Waals surface area contributed by atoms with Crippen LogP contribution in [0.5, 0.6) is 0 Å². The fourth-order valence-corrected chi connectivity index (χ4v) is 1.52. The molecule has 3 heteroatoms. The van der Waals surface area contributed by atoms with Crippen LogP contribution < -0.4 is 29.6 Å². The minimum absolute atomic E-state index is 0. The molecule has 48 valence electrons. The summed E-state index contributed by atoms with van der Waals surface area (Å²) in [7, 11) is 0. The molecule has 0 N–H and O–H groups in total. The Morgan fingerprint density at radius 2 is 0.889 bits per heavy atom. The summed E-state index contributed by atoms with van der Waals surface area (Å²) in [5, 5.41) is 0. The maximum absolute atomic E-state index is 2.54. The first kappa shape index (κ1) is 8.02. The van der Waals surface area contributed by atoms with Crippen LogP contribution in [0.3, 0.4) is 0 Å². The molecule has 3 aliphatic heterocycles. The number of fused-ring (bicyclic) bond motifs is 3. The Labute approximate surface area is 80.0 Å². The third kappa shape index (κ3) is 1.69. The Bertz CT molecular complexity index is 70.7. The van der Waals surface area contributed by atoms with Gasteiger partial charge in [-0.15, -0.1) is 0 Å². The van der Waals surface area contributed by atoms with E-state index in [1.165, 1.54) is 39.3 Å². The average Bonchev–Trinajstić information content (AvgIpc) is 1.92. The van der Waals surface area contributed by atoms with Gasteiger partial charge < -0.3 is 1.43 Å². The molecular weight excluding hydrogens is 123 g/mol. The molecule has 3 rings (SSSR count). The minimum Gasteiger partial charge on any atom is -1.00 e. The van der Waals surface area contributed by atoms with Gasteiger partial charge in [-0.1, -0.05) is 0 Å². The Morgan fingerprint density at radius 3 is 1.00 bits per heavy atom. The molecule has 0 unspecified atom stereocenters. The van der Waals surface area contributed by atoms with Crippen LogP contribution in [0.2, 0.25) is 0 Å². The van der Waals surface area contributed by atoms with Crippen molar-refractivity contribution in [1.29, 1.82) is 0 Å². The van der Waals surface area contributed by atoms with Crippen molar-refractivity contribution in [3.8, 4) is 0 Å². The number of hydrogen-bond donors (Lipinski definition) is 0. The maximum atomic E-state index is 2.54. The van der Waals surface area contributed by atoms with Crippen molar-refractivity contribution in [2.24, 2.45) is 0 Å². The number of nitrogens with zero attached hydrogens (tertiary/aromatic N) is 2. The molecule has 2 bridgehead atoms. The van der Waals surface area contributed by atoms with Crippen LogP contribution >= 0.6 is 0 Å². The van der Waals surface area contributed by atoms with Crippen molar-refractivity contribution in [2.75, 3.05) is 39.3 Å². The first-order valence-electron chi connectivity index (χ1n) is 3.40. The predicted octanol–water partition coefficient (Wildman–Crippen LogP) is -3.27. The van der Waals surface area contributed by atoms with Gasteiger partial charge in [0.1, 0.15) is 0 Å². The van der Waals surface area contributed by atoms with Crippen molar-refractivity contribution in [2.45, 2.75) is 0 Å². The Balaban J connectivity index is 0.000000405. The molecule has 3 saturated heterocycles. The first-order valence-corrected chi connectivity index (χ1v) is 3.40. The van der Waals surface area contributed by atoms with E-state index < -0.39 is 0 Å². The Morgan fingerprint density at radius 1 is 0.667 bits per heavy atom. The van der Waals surface area contributed by atoms with Crippen molar-refractivity contribution in [1.82, 2.24) is 9.80 Å². The molecule has 0 saturated carbocycles. The smallest absolute Gasteiger partial charge is 1.00 e. The summed E-state index contributed by atoms with van der Waals surface area (Å²) in [5.74, 6) is 0. The first-order chi connectivity index (χ1) is 3.95. The standard InChI is InChI=1S/C6H12N2.Na.H/c1-2-8-5-3-7(1)4-6-8;;/h1-6H2;;/q;+1;-1. The molecule has 0 atom stereocenters. The number of rotatable bonds is 0. The summed E-state index contributed by atoms with van der Waals surface area (Å²) in [4.78, 5) is 5.08. The van der Waals surface area contributed by atoms with Crippen LogP contribution in [-0.2, 0) is 0 Å². The third-order valence-corrected chi connectivity index (χ3v) is 2.20. The van der Waals surface area contributed by atoms with E-state index in [2.05, 4.69) is 9.80 Å². The van der Waals surface area contributed by atoms with E-state index >= 15 is 0 Å². The van der Waals surface area contributed by atoms with Crippen LogP contribution in [0.4, 0.5) is 0 Å².